The van der Waals surface area contributed by atoms with Gasteiger partial charge in [0.15, 0.2) is 0 Å². The summed E-state index contributed by atoms with van der Waals surface area (Å²) < 4.78 is 0. The summed E-state index contributed by atoms with van der Waals surface area (Å²) in [6, 6.07) is 3.94. The molecule has 1 aliphatic rings. The highest BCUT2D eigenvalue weighted by Crippen LogP contribution is 2.23. The van der Waals surface area contributed by atoms with Crippen molar-refractivity contribution in [3.8, 4) is 0 Å². The van der Waals surface area contributed by atoms with Gasteiger partial charge in [-0.15, -0.1) is 22.7 Å². The summed E-state index contributed by atoms with van der Waals surface area (Å²) in [6.07, 6.45) is 2.46. The van der Waals surface area contributed by atoms with Gasteiger partial charge in [0.2, 0.25) is 5.91 Å². The van der Waals surface area contributed by atoms with Gasteiger partial charge in [0.25, 0.3) is 5.91 Å². The third-order valence-corrected chi connectivity index (χ3v) is 6.34. The van der Waals surface area contributed by atoms with Crippen LogP contribution < -0.4 is 5.32 Å². The maximum Gasteiger partial charge on any atom is 0.265 e. The number of hydrogen-bond acceptors (Lipinski definition) is 5. The van der Waals surface area contributed by atoms with Crippen molar-refractivity contribution < 1.29 is 9.59 Å². The van der Waals surface area contributed by atoms with Crippen LogP contribution in [0.3, 0.4) is 0 Å². The summed E-state index contributed by atoms with van der Waals surface area (Å²) in [5.41, 5.74) is 0.818. The number of nitrogens with one attached hydrogen (secondary N) is 1. The van der Waals surface area contributed by atoms with Crippen molar-refractivity contribution in [3.05, 3.63) is 38.0 Å². The fraction of sp³-hybridized carbons (Fsp3) is 0.500. The summed E-state index contributed by atoms with van der Waals surface area (Å²) in [5.74, 6) is 0.455. The van der Waals surface area contributed by atoms with E-state index in [1.165, 1.54) is 11.3 Å². The van der Waals surface area contributed by atoms with Crippen LogP contribution in [0.2, 0.25) is 0 Å². The molecule has 1 saturated heterocycles. The molecule has 134 valence electrons. The number of likely N-dealkylation sites (tertiary alicyclic amines) is 1. The molecule has 2 amide bonds. The average molecular weight is 378 g/mol. The molecule has 25 heavy (non-hydrogen) atoms. The smallest absolute Gasteiger partial charge is 0.265 e. The Bertz CT molecular complexity index is 740. The van der Waals surface area contributed by atoms with Gasteiger partial charge in [0, 0.05) is 24.5 Å². The van der Waals surface area contributed by atoms with Gasteiger partial charge in [-0.2, -0.15) is 0 Å². The fourth-order valence-electron chi connectivity index (χ4n) is 3.18. The van der Waals surface area contributed by atoms with Crippen LogP contribution in [0, 0.1) is 19.8 Å². The second kappa shape index (κ2) is 8.10. The number of aromatic nitrogens is 1. The summed E-state index contributed by atoms with van der Waals surface area (Å²) in [4.78, 5) is 32.9. The van der Waals surface area contributed by atoms with Crippen molar-refractivity contribution in [2.75, 3.05) is 19.6 Å². The molecule has 3 rings (SSSR count). The topological polar surface area (TPSA) is 62.3 Å². The van der Waals surface area contributed by atoms with Gasteiger partial charge in [-0.3, -0.25) is 9.59 Å². The van der Waals surface area contributed by atoms with Crippen LogP contribution >= 0.6 is 22.7 Å². The van der Waals surface area contributed by atoms with Gasteiger partial charge in [-0.05, 0) is 44.1 Å². The van der Waals surface area contributed by atoms with Gasteiger partial charge in [-0.25, -0.2) is 4.98 Å². The molecular formula is C18H23N3O2S2. The van der Waals surface area contributed by atoms with E-state index >= 15 is 0 Å². The highest BCUT2D eigenvalue weighted by Gasteiger charge is 2.27. The van der Waals surface area contributed by atoms with E-state index in [1.54, 1.807) is 11.3 Å². The Balaban J connectivity index is 1.51. The van der Waals surface area contributed by atoms with Crippen molar-refractivity contribution in [2.45, 2.75) is 33.1 Å². The Labute approximate surface area is 156 Å². The number of amides is 2. The van der Waals surface area contributed by atoms with Crippen molar-refractivity contribution in [1.82, 2.24) is 15.2 Å². The minimum absolute atomic E-state index is 0.0554. The third-order valence-electron chi connectivity index (χ3n) is 4.41. The predicted molar refractivity (Wildman–Crippen MR) is 101 cm³/mol. The minimum Gasteiger partial charge on any atom is -0.355 e. The van der Waals surface area contributed by atoms with Crippen molar-refractivity contribution in [1.29, 1.82) is 0 Å². The lowest BCUT2D eigenvalue weighted by atomic mass is 9.97. The number of aryl methyl sites for hydroxylation is 2. The summed E-state index contributed by atoms with van der Waals surface area (Å²) in [6.45, 7) is 5.94. The number of thiazole rings is 1. The van der Waals surface area contributed by atoms with Crippen molar-refractivity contribution in [3.63, 3.8) is 0 Å². The first kappa shape index (κ1) is 18.1. The Morgan fingerprint density at radius 3 is 2.92 bits per heavy atom. The quantitative estimate of drug-likeness (QED) is 0.871. The molecule has 1 aliphatic heterocycles. The lowest BCUT2D eigenvalue weighted by Crippen LogP contribution is -2.43. The standard InChI is InChI=1S/C18H23N3O2S2/c1-12-17(25-13(2)20-12)18(23)21-7-3-5-14(11-21)10-19-16(22)9-15-6-4-8-24-15/h4,6,8,14H,3,5,7,9-11H2,1-2H3,(H,19,22). The van der Waals surface area contributed by atoms with Crippen LogP contribution in [0.15, 0.2) is 17.5 Å². The molecular weight excluding hydrogens is 354 g/mol. The van der Waals surface area contributed by atoms with Gasteiger partial charge < -0.3 is 10.2 Å². The molecule has 1 N–H and O–H groups in total. The number of thiophene rings is 1. The van der Waals surface area contributed by atoms with Crippen LogP contribution in [0.1, 0.15) is 38.1 Å². The molecule has 1 fully saturated rings. The first-order valence-corrected chi connectivity index (χ1v) is 10.2. The lowest BCUT2D eigenvalue weighted by molar-refractivity contribution is -0.120. The molecule has 0 aliphatic carbocycles. The maximum atomic E-state index is 12.7. The molecule has 2 aromatic heterocycles. The van der Waals surface area contributed by atoms with Gasteiger partial charge >= 0.3 is 0 Å². The lowest BCUT2D eigenvalue weighted by Gasteiger charge is -2.32. The average Bonchev–Trinajstić information content (AvgIpc) is 3.22. The van der Waals surface area contributed by atoms with E-state index < -0.39 is 0 Å². The van der Waals surface area contributed by atoms with E-state index in [-0.39, 0.29) is 11.8 Å². The molecule has 2 aromatic rings. The van der Waals surface area contributed by atoms with E-state index in [1.807, 2.05) is 36.3 Å². The number of rotatable bonds is 5. The summed E-state index contributed by atoms with van der Waals surface area (Å²) in [5, 5.41) is 5.93. The number of carbonyl (C=O) groups is 2. The molecule has 5 nitrogen and oxygen atoms in total. The molecule has 0 spiro atoms. The number of piperidine rings is 1. The number of hydrogen-bond donors (Lipinski definition) is 1. The zero-order valence-corrected chi connectivity index (χ0v) is 16.2. The van der Waals surface area contributed by atoms with Gasteiger partial charge in [0.05, 0.1) is 17.1 Å². The van der Waals surface area contributed by atoms with E-state index in [0.717, 1.165) is 39.8 Å². The van der Waals surface area contributed by atoms with Gasteiger partial charge in [0.1, 0.15) is 4.88 Å². The third kappa shape index (κ3) is 4.67. The molecule has 7 heteroatoms. The van der Waals surface area contributed by atoms with Crippen LogP contribution in [0.5, 0.6) is 0 Å². The number of carbonyl (C=O) groups excluding carboxylic acids is 2. The molecule has 0 aromatic carbocycles. The molecule has 0 radical (unpaired) electrons. The predicted octanol–water partition coefficient (Wildman–Crippen LogP) is 3.03. The maximum absolute atomic E-state index is 12.7. The second-order valence-corrected chi connectivity index (χ2v) is 8.70. The molecule has 0 saturated carbocycles. The van der Waals surface area contributed by atoms with Crippen LogP contribution in [-0.4, -0.2) is 41.3 Å². The highest BCUT2D eigenvalue weighted by atomic mass is 32.1. The summed E-state index contributed by atoms with van der Waals surface area (Å²) >= 11 is 3.07. The fourth-order valence-corrected chi connectivity index (χ4v) is 4.77. The first-order chi connectivity index (χ1) is 12.0. The van der Waals surface area contributed by atoms with E-state index in [9.17, 15) is 9.59 Å². The van der Waals surface area contributed by atoms with E-state index in [2.05, 4.69) is 10.3 Å². The van der Waals surface area contributed by atoms with Crippen LogP contribution in [0.25, 0.3) is 0 Å². The SMILES string of the molecule is Cc1nc(C)c(C(=O)N2CCCC(CNC(=O)Cc3cccs3)C2)s1. The minimum atomic E-state index is 0.0554. The Hall–Kier alpha value is -1.73. The zero-order valence-electron chi connectivity index (χ0n) is 14.6. The van der Waals surface area contributed by atoms with Crippen LogP contribution in [0.4, 0.5) is 0 Å². The summed E-state index contributed by atoms with van der Waals surface area (Å²) in [7, 11) is 0. The van der Waals surface area contributed by atoms with Crippen molar-refractivity contribution >= 4 is 34.5 Å². The molecule has 3 heterocycles. The van der Waals surface area contributed by atoms with E-state index in [4.69, 9.17) is 0 Å². The second-order valence-electron chi connectivity index (χ2n) is 6.47. The highest BCUT2D eigenvalue weighted by molar-refractivity contribution is 7.13. The largest absolute Gasteiger partial charge is 0.355 e. The Kier molecular flexibility index (Phi) is 5.86. The number of nitrogens with zero attached hydrogens (tertiary/aromatic N) is 2. The Morgan fingerprint density at radius 2 is 2.24 bits per heavy atom. The molecule has 0 bridgehead atoms. The molecule has 1 unspecified atom stereocenters. The Morgan fingerprint density at radius 1 is 1.40 bits per heavy atom. The first-order valence-electron chi connectivity index (χ1n) is 8.55. The monoisotopic (exact) mass is 377 g/mol. The van der Waals surface area contributed by atoms with Gasteiger partial charge in [-0.1, -0.05) is 6.07 Å². The molecule has 1 atom stereocenters. The van der Waals surface area contributed by atoms with Crippen LogP contribution in [-0.2, 0) is 11.2 Å². The zero-order chi connectivity index (χ0) is 17.8. The van der Waals surface area contributed by atoms with E-state index in [0.29, 0.717) is 25.4 Å². The normalized spacial score (nSPS) is 17.5. The van der Waals surface area contributed by atoms with Crippen molar-refractivity contribution in [2.24, 2.45) is 5.92 Å².